The Bertz CT molecular complexity index is 266. The van der Waals surface area contributed by atoms with Crippen LogP contribution in [0.3, 0.4) is 0 Å². The van der Waals surface area contributed by atoms with Crippen LogP contribution in [0.1, 0.15) is 0 Å². The third-order valence-corrected chi connectivity index (χ3v) is 1.14. The first kappa shape index (κ1) is 10.0. The van der Waals surface area contributed by atoms with E-state index in [2.05, 4.69) is 0 Å². The van der Waals surface area contributed by atoms with E-state index in [9.17, 15) is 9.59 Å². The molecule has 0 amide bonds. The van der Waals surface area contributed by atoms with Gasteiger partial charge < -0.3 is 0 Å². The van der Waals surface area contributed by atoms with Gasteiger partial charge in [0.05, 0.1) is 0 Å². The van der Waals surface area contributed by atoms with E-state index in [1.807, 2.05) is 0 Å². The van der Waals surface area contributed by atoms with Gasteiger partial charge in [0.15, 0.2) is 0 Å². The standard InChI is InChI=1S/C7H5NO2.Fe/c8-6-3-5(4-9)1-2-7(6)10;/h1-4,8H;. The Morgan fingerprint density at radius 2 is 2.00 bits per heavy atom. The summed E-state index contributed by atoms with van der Waals surface area (Å²) in [4.78, 5) is 20.7. The quantitative estimate of drug-likeness (QED) is 0.367. The summed E-state index contributed by atoms with van der Waals surface area (Å²) < 4.78 is 0. The topological polar surface area (TPSA) is 58.0 Å². The first-order valence-corrected chi connectivity index (χ1v) is 2.72. The molecule has 11 heavy (non-hydrogen) atoms. The Kier molecular flexibility index (Phi) is 3.65. The van der Waals surface area contributed by atoms with Gasteiger partial charge in [-0.05, 0) is 18.2 Å². The minimum atomic E-state index is -0.356. The SMILES string of the molecule is N=C1C=C(C=O)C=CC1=O.[Fe]. The van der Waals surface area contributed by atoms with Gasteiger partial charge in [-0.2, -0.15) is 0 Å². The van der Waals surface area contributed by atoms with Crippen molar-refractivity contribution in [1.82, 2.24) is 0 Å². The van der Waals surface area contributed by atoms with Gasteiger partial charge >= 0.3 is 0 Å². The molecule has 1 aliphatic carbocycles. The molecule has 0 aromatic rings. The minimum Gasteiger partial charge on any atom is -0.298 e. The van der Waals surface area contributed by atoms with Crippen LogP contribution >= 0.6 is 0 Å². The molecule has 1 rings (SSSR count). The Balaban J connectivity index is 0.000001000. The van der Waals surface area contributed by atoms with Crippen molar-refractivity contribution in [1.29, 1.82) is 5.41 Å². The summed E-state index contributed by atoms with van der Waals surface area (Å²) in [6.07, 6.45) is 4.46. The monoisotopic (exact) mass is 191 g/mol. The molecule has 0 unspecified atom stereocenters. The molecule has 0 radical (unpaired) electrons. The van der Waals surface area contributed by atoms with E-state index < -0.39 is 0 Å². The van der Waals surface area contributed by atoms with Crippen molar-refractivity contribution in [3.05, 3.63) is 23.8 Å². The van der Waals surface area contributed by atoms with Crippen LogP contribution in [0.4, 0.5) is 0 Å². The average Bonchev–Trinajstić information content (AvgIpc) is 1.95. The Hall–Kier alpha value is -0.991. The van der Waals surface area contributed by atoms with Crippen LogP contribution in [0, 0.1) is 5.41 Å². The van der Waals surface area contributed by atoms with Crippen molar-refractivity contribution < 1.29 is 26.7 Å². The molecule has 0 atom stereocenters. The van der Waals surface area contributed by atoms with Crippen LogP contribution in [0.25, 0.3) is 0 Å². The summed E-state index contributed by atoms with van der Waals surface area (Å²) in [5.41, 5.74) is 0.231. The maximum absolute atomic E-state index is 10.6. The molecule has 58 valence electrons. The molecule has 0 saturated heterocycles. The number of nitrogens with one attached hydrogen (secondary N) is 1. The number of carbonyl (C=O) groups is 2. The van der Waals surface area contributed by atoms with Crippen LogP contribution in [-0.4, -0.2) is 17.8 Å². The Morgan fingerprint density at radius 3 is 2.45 bits per heavy atom. The van der Waals surface area contributed by atoms with Crippen LogP contribution in [0.5, 0.6) is 0 Å². The molecule has 1 aliphatic rings. The van der Waals surface area contributed by atoms with Crippen molar-refractivity contribution in [3.8, 4) is 0 Å². The maximum atomic E-state index is 10.6. The fourth-order valence-electron chi connectivity index (χ4n) is 0.621. The first-order chi connectivity index (χ1) is 4.74. The zero-order valence-electron chi connectivity index (χ0n) is 5.48. The fourth-order valence-corrected chi connectivity index (χ4v) is 0.621. The van der Waals surface area contributed by atoms with Gasteiger partial charge in [-0.15, -0.1) is 0 Å². The first-order valence-electron chi connectivity index (χ1n) is 2.72. The smallest absolute Gasteiger partial charge is 0.203 e. The predicted octanol–water partition coefficient (Wildman–Crippen LogP) is 0.268. The molecular weight excluding hydrogens is 186 g/mol. The molecule has 4 heteroatoms. The zero-order chi connectivity index (χ0) is 7.56. The summed E-state index contributed by atoms with van der Waals surface area (Å²) in [5, 5.41) is 6.99. The van der Waals surface area contributed by atoms with Gasteiger partial charge in [0.1, 0.15) is 12.0 Å². The molecular formula is C7H5FeNO2. The van der Waals surface area contributed by atoms with Crippen LogP contribution in [0.15, 0.2) is 23.8 Å². The third kappa shape index (κ3) is 2.26. The molecule has 0 heterocycles. The van der Waals surface area contributed by atoms with E-state index in [1.165, 1.54) is 18.2 Å². The largest absolute Gasteiger partial charge is 0.298 e. The second-order valence-electron chi connectivity index (χ2n) is 1.87. The normalized spacial score (nSPS) is 15.5. The van der Waals surface area contributed by atoms with E-state index >= 15 is 0 Å². The maximum Gasteiger partial charge on any atom is 0.203 e. The molecule has 0 aromatic carbocycles. The molecule has 1 N–H and O–H groups in total. The van der Waals surface area contributed by atoms with Gasteiger partial charge in [-0.3, -0.25) is 15.0 Å². The van der Waals surface area contributed by atoms with Gasteiger partial charge in [-0.1, -0.05) is 0 Å². The van der Waals surface area contributed by atoms with E-state index in [1.54, 1.807) is 0 Å². The van der Waals surface area contributed by atoms with Crippen molar-refractivity contribution in [2.75, 3.05) is 0 Å². The third-order valence-electron chi connectivity index (χ3n) is 1.14. The number of aldehydes is 1. The predicted molar refractivity (Wildman–Crippen MR) is 36.0 cm³/mol. The van der Waals surface area contributed by atoms with E-state index in [0.29, 0.717) is 11.9 Å². The number of hydrogen-bond acceptors (Lipinski definition) is 3. The van der Waals surface area contributed by atoms with Crippen molar-refractivity contribution in [2.45, 2.75) is 0 Å². The number of hydrogen-bond donors (Lipinski definition) is 1. The second kappa shape index (κ2) is 4.01. The van der Waals surface area contributed by atoms with E-state index in [-0.39, 0.29) is 28.6 Å². The molecule has 0 bridgehead atoms. The average molecular weight is 191 g/mol. The van der Waals surface area contributed by atoms with E-state index in [0.717, 1.165) is 0 Å². The van der Waals surface area contributed by atoms with E-state index in [4.69, 9.17) is 5.41 Å². The number of carbonyl (C=O) groups excluding carboxylic acids is 2. The van der Waals surface area contributed by atoms with Gasteiger partial charge in [0, 0.05) is 22.6 Å². The number of allylic oxidation sites excluding steroid dienone is 4. The number of ketones is 1. The van der Waals surface area contributed by atoms with Crippen LogP contribution in [0.2, 0.25) is 0 Å². The molecule has 0 spiro atoms. The van der Waals surface area contributed by atoms with Crippen molar-refractivity contribution in [2.24, 2.45) is 0 Å². The Labute approximate surface area is 74.1 Å². The zero-order valence-corrected chi connectivity index (χ0v) is 6.58. The Morgan fingerprint density at radius 1 is 1.36 bits per heavy atom. The molecule has 0 saturated carbocycles. The molecule has 3 nitrogen and oxygen atoms in total. The summed E-state index contributed by atoms with van der Waals surface area (Å²) in [6.45, 7) is 0. The molecule has 0 aliphatic heterocycles. The summed E-state index contributed by atoms with van der Waals surface area (Å²) in [6, 6.07) is 0. The summed E-state index contributed by atoms with van der Waals surface area (Å²) >= 11 is 0. The number of rotatable bonds is 1. The van der Waals surface area contributed by atoms with Gasteiger partial charge in [0.2, 0.25) is 5.78 Å². The van der Waals surface area contributed by atoms with Crippen LogP contribution in [-0.2, 0) is 26.7 Å². The minimum absolute atomic E-state index is 0. The van der Waals surface area contributed by atoms with Gasteiger partial charge in [-0.25, -0.2) is 0 Å². The van der Waals surface area contributed by atoms with Crippen LogP contribution < -0.4 is 0 Å². The summed E-state index contributed by atoms with van der Waals surface area (Å²) in [5.74, 6) is -0.356. The van der Waals surface area contributed by atoms with Crippen molar-refractivity contribution in [3.63, 3.8) is 0 Å². The summed E-state index contributed by atoms with van der Waals surface area (Å²) in [7, 11) is 0. The molecule has 0 aromatic heterocycles. The molecule has 0 fully saturated rings. The van der Waals surface area contributed by atoms with Gasteiger partial charge in [0.25, 0.3) is 0 Å². The fraction of sp³-hybridized carbons (Fsp3) is 0. The van der Waals surface area contributed by atoms with Crippen molar-refractivity contribution >= 4 is 17.8 Å². The second-order valence-corrected chi connectivity index (χ2v) is 1.87.